The monoisotopic (exact) mass is 305 g/mol. The minimum absolute atomic E-state index is 0.0202. The van der Waals surface area contributed by atoms with E-state index in [1.54, 1.807) is 18.2 Å². The number of benzene rings is 1. The van der Waals surface area contributed by atoms with E-state index in [2.05, 4.69) is 31.0 Å². The van der Waals surface area contributed by atoms with Crippen molar-refractivity contribution in [3.05, 3.63) is 28.8 Å². The van der Waals surface area contributed by atoms with E-state index in [0.717, 1.165) is 19.3 Å². The van der Waals surface area contributed by atoms with Gasteiger partial charge >= 0.3 is 0 Å². The molecule has 1 atom stereocenters. The van der Waals surface area contributed by atoms with E-state index in [4.69, 9.17) is 16.7 Å². The van der Waals surface area contributed by atoms with Gasteiger partial charge in [0.25, 0.3) is 0 Å². The quantitative estimate of drug-likeness (QED) is 0.822. The van der Waals surface area contributed by atoms with Crippen molar-refractivity contribution in [1.29, 1.82) is 0 Å². The topological polar surface area (TPSA) is 49.3 Å². The molecule has 2 N–H and O–H groups in total. The van der Waals surface area contributed by atoms with Crippen molar-refractivity contribution in [2.24, 2.45) is 11.3 Å². The fraction of sp³-hybridized carbons (Fsp3) is 0.471. The Kier molecular flexibility index (Phi) is 4.92. The number of carbonyl (C=O) groups is 1. The number of nitrogens with one attached hydrogen (secondary N) is 1. The molecule has 0 saturated heterocycles. The lowest BCUT2D eigenvalue weighted by Gasteiger charge is -2.26. The number of aliphatic hydroxyl groups is 1. The van der Waals surface area contributed by atoms with Crippen molar-refractivity contribution < 1.29 is 9.90 Å². The summed E-state index contributed by atoms with van der Waals surface area (Å²) in [5.41, 5.74) is 1.31. The first-order valence-electron chi connectivity index (χ1n) is 7.14. The number of hydrogen-bond acceptors (Lipinski definition) is 2. The molecule has 0 aliphatic heterocycles. The third-order valence-corrected chi connectivity index (χ3v) is 4.35. The Morgan fingerprint density at radius 3 is 2.90 bits per heavy atom. The number of amides is 1. The fourth-order valence-corrected chi connectivity index (χ4v) is 3.07. The van der Waals surface area contributed by atoms with E-state index in [9.17, 15) is 4.79 Å². The van der Waals surface area contributed by atoms with Gasteiger partial charge < -0.3 is 10.4 Å². The van der Waals surface area contributed by atoms with Gasteiger partial charge in [0.1, 0.15) is 6.61 Å². The van der Waals surface area contributed by atoms with E-state index in [0.29, 0.717) is 16.3 Å². The van der Waals surface area contributed by atoms with Crippen LogP contribution in [0.2, 0.25) is 5.02 Å². The maximum Gasteiger partial charge on any atom is 0.228 e. The summed E-state index contributed by atoms with van der Waals surface area (Å²) in [6.45, 7) is 4.05. The Hall–Kier alpha value is -1.50. The Labute approximate surface area is 130 Å². The van der Waals surface area contributed by atoms with Gasteiger partial charge in [-0.3, -0.25) is 4.79 Å². The Bertz CT molecular complexity index is 599. The highest BCUT2D eigenvalue weighted by Crippen LogP contribution is 2.43. The second kappa shape index (κ2) is 6.51. The van der Waals surface area contributed by atoms with Crippen molar-refractivity contribution >= 4 is 23.2 Å². The molecule has 1 aromatic carbocycles. The molecule has 1 saturated carbocycles. The number of halogens is 1. The molecule has 3 nitrogen and oxygen atoms in total. The SMILES string of the molecule is CC1(C)CCCC1C(=O)Nc1ccc(Cl)cc1C#CCO. The van der Waals surface area contributed by atoms with Crippen LogP contribution in [0.5, 0.6) is 0 Å². The van der Waals surface area contributed by atoms with Gasteiger partial charge in [0, 0.05) is 16.5 Å². The summed E-state index contributed by atoms with van der Waals surface area (Å²) in [6.07, 6.45) is 3.08. The second-order valence-corrected chi connectivity index (χ2v) is 6.51. The predicted octanol–water partition coefficient (Wildman–Crippen LogP) is 3.45. The highest BCUT2D eigenvalue weighted by atomic mass is 35.5. The van der Waals surface area contributed by atoms with Gasteiger partial charge in [-0.1, -0.05) is 43.7 Å². The van der Waals surface area contributed by atoms with E-state index in [1.807, 2.05) is 0 Å². The van der Waals surface area contributed by atoms with Crippen molar-refractivity contribution in [3.63, 3.8) is 0 Å². The summed E-state index contributed by atoms with van der Waals surface area (Å²) in [5.74, 6) is 5.46. The fourth-order valence-electron chi connectivity index (χ4n) is 2.90. The van der Waals surface area contributed by atoms with Crippen molar-refractivity contribution in [3.8, 4) is 11.8 Å². The average molecular weight is 306 g/mol. The van der Waals surface area contributed by atoms with Crippen LogP contribution < -0.4 is 5.32 Å². The van der Waals surface area contributed by atoms with Gasteiger partial charge in [-0.15, -0.1) is 0 Å². The van der Waals surface area contributed by atoms with Gasteiger partial charge in [-0.05, 0) is 36.5 Å². The molecule has 21 heavy (non-hydrogen) atoms. The van der Waals surface area contributed by atoms with Crippen LogP contribution in [0, 0.1) is 23.2 Å². The van der Waals surface area contributed by atoms with Crippen LogP contribution in [0.3, 0.4) is 0 Å². The third-order valence-electron chi connectivity index (χ3n) is 4.12. The van der Waals surface area contributed by atoms with Crippen LogP contribution in [0.15, 0.2) is 18.2 Å². The molecule has 0 spiro atoms. The first kappa shape index (κ1) is 15.9. The zero-order valence-electron chi connectivity index (χ0n) is 12.4. The zero-order valence-corrected chi connectivity index (χ0v) is 13.1. The number of hydrogen-bond donors (Lipinski definition) is 2. The Morgan fingerprint density at radius 2 is 2.29 bits per heavy atom. The molecule has 0 radical (unpaired) electrons. The maximum absolute atomic E-state index is 12.5. The lowest BCUT2D eigenvalue weighted by atomic mass is 9.81. The standard InChI is InChI=1S/C17H20ClNO2/c1-17(2)9-3-6-14(17)16(21)19-15-8-7-13(18)11-12(15)5-4-10-20/h7-8,11,14,20H,3,6,9-10H2,1-2H3,(H,19,21). The predicted molar refractivity (Wildman–Crippen MR) is 85.2 cm³/mol. The normalized spacial score (nSPS) is 19.7. The molecule has 4 heteroatoms. The van der Waals surface area contributed by atoms with Gasteiger partial charge in [-0.25, -0.2) is 0 Å². The minimum atomic E-state index is -0.227. The third kappa shape index (κ3) is 3.78. The van der Waals surface area contributed by atoms with Crippen molar-refractivity contribution in [1.82, 2.24) is 0 Å². The van der Waals surface area contributed by atoms with Crippen LogP contribution in [0.25, 0.3) is 0 Å². The summed E-state index contributed by atoms with van der Waals surface area (Å²) in [5, 5.41) is 12.3. The summed E-state index contributed by atoms with van der Waals surface area (Å²) in [6, 6.07) is 5.17. The van der Waals surface area contributed by atoms with Gasteiger partial charge in [0.05, 0.1) is 5.69 Å². The molecule has 0 bridgehead atoms. The van der Waals surface area contributed by atoms with Gasteiger partial charge in [-0.2, -0.15) is 0 Å². The van der Waals surface area contributed by atoms with Crippen LogP contribution in [0.4, 0.5) is 5.69 Å². The molecular weight excluding hydrogens is 286 g/mol. The van der Waals surface area contributed by atoms with Crippen LogP contribution in [-0.4, -0.2) is 17.6 Å². The lowest BCUT2D eigenvalue weighted by molar-refractivity contribution is -0.122. The maximum atomic E-state index is 12.5. The van der Waals surface area contributed by atoms with Gasteiger partial charge in [0.2, 0.25) is 5.91 Å². The zero-order chi connectivity index (χ0) is 15.5. The van der Waals surface area contributed by atoms with Crippen molar-refractivity contribution in [2.75, 3.05) is 11.9 Å². The molecule has 2 rings (SSSR count). The van der Waals surface area contributed by atoms with E-state index in [-0.39, 0.29) is 23.8 Å². The summed E-state index contributed by atoms with van der Waals surface area (Å²) >= 11 is 5.96. The smallest absolute Gasteiger partial charge is 0.228 e. The van der Waals surface area contributed by atoms with Crippen LogP contribution >= 0.6 is 11.6 Å². The Morgan fingerprint density at radius 1 is 1.52 bits per heavy atom. The molecule has 1 fully saturated rings. The van der Waals surface area contributed by atoms with Crippen LogP contribution in [-0.2, 0) is 4.79 Å². The molecule has 1 unspecified atom stereocenters. The lowest BCUT2D eigenvalue weighted by Crippen LogP contribution is -2.31. The van der Waals surface area contributed by atoms with Crippen molar-refractivity contribution in [2.45, 2.75) is 33.1 Å². The van der Waals surface area contributed by atoms with Crippen LogP contribution in [0.1, 0.15) is 38.7 Å². The number of rotatable bonds is 2. The highest BCUT2D eigenvalue weighted by Gasteiger charge is 2.39. The molecule has 1 aromatic rings. The van der Waals surface area contributed by atoms with E-state index in [1.165, 1.54) is 0 Å². The molecule has 1 aliphatic rings. The molecule has 0 aromatic heterocycles. The Balaban J connectivity index is 2.21. The summed E-state index contributed by atoms with van der Waals surface area (Å²) in [7, 11) is 0. The first-order chi connectivity index (χ1) is 9.94. The summed E-state index contributed by atoms with van der Waals surface area (Å²) in [4.78, 5) is 12.5. The van der Waals surface area contributed by atoms with E-state index >= 15 is 0 Å². The van der Waals surface area contributed by atoms with Gasteiger partial charge in [0.15, 0.2) is 0 Å². The number of anilines is 1. The number of aliphatic hydroxyl groups excluding tert-OH is 1. The molecule has 1 amide bonds. The summed E-state index contributed by atoms with van der Waals surface area (Å²) < 4.78 is 0. The second-order valence-electron chi connectivity index (χ2n) is 6.07. The minimum Gasteiger partial charge on any atom is -0.384 e. The molecule has 1 aliphatic carbocycles. The largest absolute Gasteiger partial charge is 0.384 e. The first-order valence-corrected chi connectivity index (χ1v) is 7.52. The average Bonchev–Trinajstić information content (AvgIpc) is 2.78. The highest BCUT2D eigenvalue weighted by molar-refractivity contribution is 6.30. The molecular formula is C17H20ClNO2. The number of carbonyl (C=O) groups excluding carboxylic acids is 1. The molecule has 112 valence electrons. The van der Waals surface area contributed by atoms with E-state index < -0.39 is 0 Å². The molecule has 0 heterocycles.